The summed E-state index contributed by atoms with van der Waals surface area (Å²) < 4.78 is 45.2. The van der Waals surface area contributed by atoms with Gasteiger partial charge in [-0.05, 0) is 56.3 Å². The van der Waals surface area contributed by atoms with Crippen molar-refractivity contribution in [3.63, 3.8) is 0 Å². The van der Waals surface area contributed by atoms with Crippen molar-refractivity contribution in [2.75, 3.05) is 7.11 Å². The molecule has 0 saturated carbocycles. The number of aromatic hydroxyl groups is 1. The van der Waals surface area contributed by atoms with Gasteiger partial charge in [-0.25, -0.2) is 23.6 Å². The van der Waals surface area contributed by atoms with Crippen LogP contribution in [-0.2, 0) is 0 Å². The molecule has 2 aromatic carbocycles. The zero-order valence-corrected chi connectivity index (χ0v) is 16.2. The van der Waals surface area contributed by atoms with Gasteiger partial charge in [0.25, 0.3) is 0 Å². The second kappa shape index (κ2) is 9.05. The minimum absolute atomic E-state index is 0.219. The molecular weight excluding hydrogens is 390 g/mol. The molecule has 9 heteroatoms. The van der Waals surface area contributed by atoms with Gasteiger partial charge in [0.05, 0.1) is 18.6 Å². The lowest BCUT2D eigenvalue weighted by Crippen LogP contribution is -2.81. The molecular formula is C19H20ClNO7. The molecule has 1 aromatic heterocycles. The SMILES string of the molecule is COc1ccc(-c2cc(=[NH+]C(C)C)c3cc(O)ccc3o2)cc1.[O-][Cl+3]([O-])([O-])[O-]. The summed E-state index contributed by atoms with van der Waals surface area (Å²) in [4.78, 5) is 3.41. The van der Waals surface area contributed by atoms with Gasteiger partial charge < -0.3 is 14.3 Å². The average molecular weight is 410 g/mol. The zero-order chi connectivity index (χ0) is 20.9. The number of phenols is 1. The van der Waals surface area contributed by atoms with Crippen molar-refractivity contribution in [2.45, 2.75) is 19.9 Å². The van der Waals surface area contributed by atoms with Crippen LogP contribution in [0.3, 0.4) is 0 Å². The third kappa shape index (κ3) is 6.52. The molecule has 0 spiro atoms. The Labute approximate surface area is 163 Å². The molecule has 0 saturated heterocycles. The van der Waals surface area contributed by atoms with E-state index in [9.17, 15) is 5.11 Å². The fourth-order valence-corrected chi connectivity index (χ4v) is 2.50. The maximum Gasteiger partial charge on any atom is 0.213 e. The number of hydrogen-bond acceptors (Lipinski definition) is 7. The van der Waals surface area contributed by atoms with Gasteiger partial charge in [0.1, 0.15) is 28.9 Å². The fraction of sp³-hybridized carbons (Fsp3) is 0.211. The normalized spacial score (nSPS) is 12.1. The summed E-state index contributed by atoms with van der Waals surface area (Å²) in [6.45, 7) is 4.15. The van der Waals surface area contributed by atoms with E-state index in [1.54, 1.807) is 25.3 Å². The molecule has 0 amide bonds. The topological polar surface area (TPSA) is 149 Å². The van der Waals surface area contributed by atoms with Crippen LogP contribution in [0.4, 0.5) is 0 Å². The fourth-order valence-electron chi connectivity index (χ4n) is 2.50. The monoisotopic (exact) mass is 409 g/mol. The van der Waals surface area contributed by atoms with Crippen molar-refractivity contribution >= 4 is 11.0 Å². The second-order valence-corrected chi connectivity index (χ2v) is 6.87. The Bertz CT molecular complexity index is 986. The van der Waals surface area contributed by atoms with Gasteiger partial charge in [0, 0.05) is 5.56 Å². The Morgan fingerprint density at radius 1 is 1.00 bits per heavy atom. The lowest BCUT2D eigenvalue weighted by Gasteiger charge is -2.17. The van der Waals surface area contributed by atoms with E-state index in [1.807, 2.05) is 30.3 Å². The van der Waals surface area contributed by atoms with E-state index in [-0.39, 0.29) is 11.8 Å². The van der Waals surface area contributed by atoms with Crippen LogP contribution in [0.1, 0.15) is 13.8 Å². The van der Waals surface area contributed by atoms with E-state index in [0.29, 0.717) is 0 Å². The van der Waals surface area contributed by atoms with Gasteiger partial charge in [-0.3, -0.25) is 0 Å². The summed E-state index contributed by atoms with van der Waals surface area (Å²) in [6, 6.07) is 15.1. The number of rotatable bonds is 3. The molecule has 3 aromatic rings. The summed E-state index contributed by atoms with van der Waals surface area (Å²) in [6.07, 6.45) is 0. The Morgan fingerprint density at radius 2 is 1.61 bits per heavy atom. The van der Waals surface area contributed by atoms with Crippen molar-refractivity contribution in [2.24, 2.45) is 0 Å². The van der Waals surface area contributed by atoms with Crippen molar-refractivity contribution in [3.05, 3.63) is 53.9 Å². The first-order valence-electron chi connectivity index (χ1n) is 8.19. The Hall–Kier alpha value is -2.62. The van der Waals surface area contributed by atoms with Gasteiger partial charge in [-0.2, -0.15) is 0 Å². The van der Waals surface area contributed by atoms with Gasteiger partial charge in [0.2, 0.25) is 5.36 Å². The van der Waals surface area contributed by atoms with Gasteiger partial charge in [-0.15, -0.1) is 10.2 Å². The van der Waals surface area contributed by atoms with Crippen molar-refractivity contribution in [3.8, 4) is 22.8 Å². The summed E-state index contributed by atoms with van der Waals surface area (Å²) in [5, 5.41) is 11.5. The van der Waals surface area contributed by atoms with Crippen LogP contribution in [0.15, 0.2) is 52.9 Å². The van der Waals surface area contributed by atoms with Gasteiger partial charge in [-0.1, -0.05) is 0 Å². The largest absolute Gasteiger partial charge is 0.508 e. The van der Waals surface area contributed by atoms with Crippen LogP contribution in [0.5, 0.6) is 11.5 Å². The molecule has 28 heavy (non-hydrogen) atoms. The smallest absolute Gasteiger partial charge is 0.213 e. The van der Waals surface area contributed by atoms with E-state index in [2.05, 4.69) is 18.8 Å². The minimum Gasteiger partial charge on any atom is -0.508 e. The molecule has 0 bridgehead atoms. The molecule has 8 nitrogen and oxygen atoms in total. The Kier molecular flexibility index (Phi) is 7.00. The van der Waals surface area contributed by atoms with Crippen LogP contribution in [0.25, 0.3) is 22.3 Å². The summed E-state index contributed by atoms with van der Waals surface area (Å²) >= 11 is 0. The lowest BCUT2D eigenvalue weighted by atomic mass is 10.1. The number of nitrogens with one attached hydrogen (secondary N) is 1. The van der Waals surface area contributed by atoms with E-state index in [4.69, 9.17) is 27.8 Å². The number of ether oxygens (including phenoxy) is 1. The quantitative estimate of drug-likeness (QED) is 0.483. The molecule has 3 rings (SSSR count). The number of fused-ring (bicyclic) bond motifs is 1. The first kappa shape index (κ1) is 21.7. The molecule has 0 fully saturated rings. The highest BCUT2D eigenvalue weighted by molar-refractivity contribution is 5.79. The predicted octanol–water partition coefficient (Wildman–Crippen LogP) is -2.55. The van der Waals surface area contributed by atoms with Crippen molar-refractivity contribution < 1.29 is 48.1 Å². The zero-order valence-electron chi connectivity index (χ0n) is 15.5. The number of benzene rings is 2. The van der Waals surface area contributed by atoms with E-state index >= 15 is 0 Å². The predicted molar refractivity (Wildman–Crippen MR) is 89.1 cm³/mol. The molecule has 0 aliphatic heterocycles. The number of phenolic OH excluding ortho intramolecular Hbond substituents is 1. The van der Waals surface area contributed by atoms with Crippen LogP contribution < -0.4 is 33.7 Å². The highest BCUT2D eigenvalue weighted by Gasteiger charge is 2.10. The number of methoxy groups -OCH3 is 1. The van der Waals surface area contributed by atoms with Crippen LogP contribution in [0.2, 0.25) is 0 Å². The van der Waals surface area contributed by atoms with Crippen molar-refractivity contribution in [1.29, 1.82) is 0 Å². The first-order valence-corrected chi connectivity index (χ1v) is 9.43. The molecule has 1 heterocycles. The molecule has 0 aliphatic rings. The maximum atomic E-state index is 9.75. The van der Waals surface area contributed by atoms with E-state index < -0.39 is 10.2 Å². The average Bonchev–Trinajstić information content (AvgIpc) is 2.60. The van der Waals surface area contributed by atoms with Crippen LogP contribution in [-0.4, -0.2) is 18.3 Å². The van der Waals surface area contributed by atoms with Gasteiger partial charge in [0.15, 0.2) is 0 Å². The Balaban J connectivity index is 0.000000500. The third-order valence-electron chi connectivity index (χ3n) is 3.57. The number of halogens is 1. The standard InChI is InChI=1S/C19H19NO3.ClHO4/c1-12(2)20-17-11-19(13-4-7-15(22-3)8-5-13)23-18-9-6-14(21)10-16(17)18;2-1(3,4)5/h4-12,21H,1-3H3;(H,2,3,4,5). The van der Waals surface area contributed by atoms with E-state index in [0.717, 1.165) is 33.4 Å². The van der Waals surface area contributed by atoms with E-state index in [1.165, 1.54) is 0 Å². The summed E-state index contributed by atoms with van der Waals surface area (Å²) in [5.41, 5.74) is 1.69. The van der Waals surface area contributed by atoms with Crippen molar-refractivity contribution in [1.82, 2.24) is 0 Å². The third-order valence-corrected chi connectivity index (χ3v) is 3.57. The highest BCUT2D eigenvalue weighted by Crippen LogP contribution is 2.25. The molecule has 0 aliphatic carbocycles. The first-order chi connectivity index (χ1) is 13.1. The Morgan fingerprint density at radius 3 is 2.14 bits per heavy atom. The van der Waals surface area contributed by atoms with Crippen LogP contribution in [0, 0.1) is 10.2 Å². The molecule has 0 radical (unpaired) electrons. The second-order valence-electron chi connectivity index (χ2n) is 6.11. The number of hydrogen-bond donors (Lipinski definition) is 2. The molecule has 0 atom stereocenters. The minimum atomic E-state index is -4.94. The maximum absolute atomic E-state index is 9.75. The van der Waals surface area contributed by atoms with Gasteiger partial charge >= 0.3 is 0 Å². The molecule has 2 N–H and O–H groups in total. The van der Waals surface area contributed by atoms with Crippen LogP contribution >= 0.6 is 0 Å². The molecule has 0 unspecified atom stereocenters. The summed E-state index contributed by atoms with van der Waals surface area (Å²) in [7, 11) is -3.30. The summed E-state index contributed by atoms with van der Waals surface area (Å²) in [5.74, 6) is 1.78. The lowest BCUT2D eigenvalue weighted by molar-refractivity contribution is -2.00. The highest BCUT2D eigenvalue weighted by atomic mass is 35.7. The molecule has 150 valence electrons.